The molecule has 1 aliphatic heterocycles. The molecule has 0 bridgehead atoms. The minimum Gasteiger partial charge on any atom is -0.455 e. The van der Waals surface area contributed by atoms with Gasteiger partial charge in [-0.05, 0) is 48.5 Å². The van der Waals surface area contributed by atoms with Crippen LogP contribution in [0.1, 0.15) is 13.3 Å². The second-order valence-electron chi connectivity index (χ2n) is 6.80. The summed E-state index contributed by atoms with van der Waals surface area (Å²) in [6.45, 7) is 1.00. The Kier molecular flexibility index (Phi) is 6.41. The van der Waals surface area contributed by atoms with Gasteiger partial charge in [-0.25, -0.2) is 4.39 Å². The number of rotatable bonds is 6. The first kappa shape index (κ1) is 21.0. The van der Waals surface area contributed by atoms with Crippen LogP contribution in [-0.4, -0.2) is 36.8 Å². The number of anilines is 3. The van der Waals surface area contributed by atoms with E-state index in [4.69, 9.17) is 4.74 Å². The Morgan fingerprint density at radius 3 is 2.23 bits per heavy atom. The Morgan fingerprint density at radius 2 is 1.63 bits per heavy atom. The number of benzene rings is 2. The largest absolute Gasteiger partial charge is 0.455 e. The summed E-state index contributed by atoms with van der Waals surface area (Å²) in [5.74, 6) is -2.78. The lowest BCUT2D eigenvalue weighted by Crippen LogP contribution is -2.28. The molecule has 156 valence electrons. The third-order valence-electron chi connectivity index (χ3n) is 4.43. The number of hydrogen-bond donors (Lipinski definition) is 2. The fourth-order valence-corrected chi connectivity index (χ4v) is 3.03. The van der Waals surface area contributed by atoms with Gasteiger partial charge in [0.15, 0.2) is 6.61 Å². The second kappa shape index (κ2) is 9.17. The van der Waals surface area contributed by atoms with Crippen LogP contribution in [0.4, 0.5) is 21.5 Å². The van der Waals surface area contributed by atoms with Gasteiger partial charge in [-0.15, -0.1) is 0 Å². The third-order valence-corrected chi connectivity index (χ3v) is 4.43. The van der Waals surface area contributed by atoms with Gasteiger partial charge < -0.3 is 20.3 Å². The summed E-state index contributed by atoms with van der Waals surface area (Å²) in [6, 6.07) is 11.8. The highest BCUT2D eigenvalue weighted by Crippen LogP contribution is 2.26. The molecule has 0 saturated carbocycles. The second-order valence-corrected chi connectivity index (χ2v) is 6.80. The molecule has 3 rings (SSSR count). The van der Waals surface area contributed by atoms with Crippen molar-refractivity contribution in [3.8, 4) is 0 Å². The quantitative estimate of drug-likeness (QED) is 0.708. The first-order valence-electron chi connectivity index (χ1n) is 9.22. The maximum atomic E-state index is 13.0. The Morgan fingerprint density at radius 1 is 1.03 bits per heavy atom. The Bertz CT molecular complexity index is 960. The molecule has 3 amide bonds. The fraction of sp³-hybridized carbons (Fsp3) is 0.238. The monoisotopic (exact) mass is 413 g/mol. The minimum atomic E-state index is -0.702. The van der Waals surface area contributed by atoms with Crippen molar-refractivity contribution in [1.82, 2.24) is 0 Å². The predicted molar refractivity (Wildman–Crippen MR) is 107 cm³/mol. The van der Waals surface area contributed by atoms with Gasteiger partial charge in [-0.2, -0.15) is 0 Å². The standard InChI is InChI=1S/C21H20FN3O5/c1-13(26)23-16-4-6-17(7-5-16)24-19(27)12-30-21(29)14-10-20(28)25(11-14)18-8-2-15(22)3-9-18/h2-9,14H,10-12H2,1H3,(H,23,26)(H,24,27)/t14-/m1/s1. The highest BCUT2D eigenvalue weighted by Gasteiger charge is 2.36. The number of amides is 3. The summed E-state index contributed by atoms with van der Waals surface area (Å²) in [6.07, 6.45) is -0.0392. The maximum absolute atomic E-state index is 13.0. The van der Waals surface area contributed by atoms with Crippen molar-refractivity contribution in [1.29, 1.82) is 0 Å². The first-order chi connectivity index (χ1) is 14.3. The summed E-state index contributed by atoms with van der Waals surface area (Å²) in [4.78, 5) is 48.8. The van der Waals surface area contributed by atoms with Crippen LogP contribution < -0.4 is 15.5 Å². The maximum Gasteiger partial charge on any atom is 0.311 e. The van der Waals surface area contributed by atoms with Gasteiger partial charge in [0.2, 0.25) is 11.8 Å². The van der Waals surface area contributed by atoms with Crippen LogP contribution in [0.15, 0.2) is 48.5 Å². The van der Waals surface area contributed by atoms with Gasteiger partial charge in [0.25, 0.3) is 5.91 Å². The van der Waals surface area contributed by atoms with E-state index in [1.807, 2.05) is 0 Å². The van der Waals surface area contributed by atoms with Gasteiger partial charge >= 0.3 is 5.97 Å². The molecule has 0 aliphatic carbocycles. The summed E-state index contributed by atoms with van der Waals surface area (Å²) in [5.41, 5.74) is 1.56. The SMILES string of the molecule is CC(=O)Nc1ccc(NC(=O)COC(=O)[C@@H]2CC(=O)N(c3ccc(F)cc3)C2)cc1. The molecule has 1 fully saturated rings. The molecular weight excluding hydrogens is 393 g/mol. The number of hydrogen-bond acceptors (Lipinski definition) is 5. The van der Waals surface area contributed by atoms with Crippen molar-refractivity contribution in [3.05, 3.63) is 54.3 Å². The number of carbonyl (C=O) groups is 4. The molecule has 2 aromatic rings. The zero-order valence-corrected chi connectivity index (χ0v) is 16.2. The van der Waals surface area contributed by atoms with Crippen LogP contribution in [0, 0.1) is 11.7 Å². The number of ether oxygens (including phenoxy) is 1. The smallest absolute Gasteiger partial charge is 0.311 e. The molecular formula is C21H20FN3O5. The van der Waals surface area contributed by atoms with Gasteiger partial charge in [0.1, 0.15) is 5.82 Å². The van der Waals surface area contributed by atoms with Gasteiger partial charge in [-0.1, -0.05) is 0 Å². The van der Waals surface area contributed by atoms with Gasteiger partial charge in [-0.3, -0.25) is 19.2 Å². The number of carbonyl (C=O) groups excluding carboxylic acids is 4. The zero-order valence-electron chi connectivity index (χ0n) is 16.2. The average Bonchev–Trinajstić information content (AvgIpc) is 3.09. The molecule has 9 heteroatoms. The number of nitrogens with one attached hydrogen (secondary N) is 2. The van der Waals surface area contributed by atoms with Crippen LogP contribution >= 0.6 is 0 Å². The highest BCUT2D eigenvalue weighted by atomic mass is 19.1. The van der Waals surface area contributed by atoms with E-state index in [-0.39, 0.29) is 24.8 Å². The van der Waals surface area contributed by atoms with E-state index < -0.39 is 30.2 Å². The van der Waals surface area contributed by atoms with Crippen LogP contribution in [-0.2, 0) is 23.9 Å². The van der Waals surface area contributed by atoms with E-state index in [9.17, 15) is 23.6 Å². The molecule has 1 saturated heterocycles. The highest BCUT2D eigenvalue weighted by molar-refractivity contribution is 6.00. The van der Waals surface area contributed by atoms with E-state index in [0.717, 1.165) is 0 Å². The average molecular weight is 413 g/mol. The van der Waals surface area contributed by atoms with Crippen LogP contribution in [0.25, 0.3) is 0 Å². The summed E-state index contributed by atoms with van der Waals surface area (Å²) >= 11 is 0. The van der Waals surface area contributed by atoms with Crippen molar-refractivity contribution in [2.24, 2.45) is 5.92 Å². The molecule has 0 aromatic heterocycles. The first-order valence-corrected chi connectivity index (χ1v) is 9.22. The van der Waals surface area contributed by atoms with Crippen LogP contribution in [0.3, 0.4) is 0 Å². The number of nitrogens with zero attached hydrogens (tertiary/aromatic N) is 1. The fourth-order valence-electron chi connectivity index (χ4n) is 3.03. The zero-order chi connectivity index (χ0) is 21.7. The van der Waals surface area contributed by atoms with Crippen molar-refractivity contribution >= 4 is 40.8 Å². The number of esters is 1. The summed E-state index contributed by atoms with van der Waals surface area (Å²) < 4.78 is 18.1. The van der Waals surface area contributed by atoms with E-state index in [1.54, 1.807) is 24.3 Å². The molecule has 0 spiro atoms. The Balaban J connectivity index is 1.48. The minimum absolute atomic E-state index is 0.0392. The molecule has 30 heavy (non-hydrogen) atoms. The van der Waals surface area contributed by atoms with Crippen molar-refractivity contribution in [3.63, 3.8) is 0 Å². The van der Waals surface area contributed by atoms with E-state index in [0.29, 0.717) is 17.1 Å². The Labute approximate surface area is 172 Å². The van der Waals surface area contributed by atoms with E-state index in [1.165, 1.54) is 36.1 Å². The lowest BCUT2D eigenvalue weighted by molar-refractivity contribution is -0.151. The topological polar surface area (TPSA) is 105 Å². The van der Waals surface area contributed by atoms with Gasteiger partial charge in [0.05, 0.1) is 5.92 Å². The van der Waals surface area contributed by atoms with Crippen LogP contribution in [0.2, 0.25) is 0 Å². The molecule has 1 heterocycles. The molecule has 1 aliphatic rings. The third kappa shape index (κ3) is 5.40. The van der Waals surface area contributed by atoms with Gasteiger partial charge in [0, 0.05) is 37.0 Å². The van der Waals surface area contributed by atoms with Crippen molar-refractivity contribution in [2.45, 2.75) is 13.3 Å². The van der Waals surface area contributed by atoms with Crippen molar-refractivity contribution < 1.29 is 28.3 Å². The predicted octanol–water partition coefficient (Wildman–Crippen LogP) is 2.32. The summed E-state index contributed by atoms with van der Waals surface area (Å²) in [5, 5.41) is 5.18. The molecule has 0 radical (unpaired) electrons. The normalized spacial score (nSPS) is 15.6. The number of halogens is 1. The molecule has 0 unspecified atom stereocenters. The molecule has 2 N–H and O–H groups in total. The summed E-state index contributed by atoms with van der Waals surface area (Å²) in [7, 11) is 0. The van der Waals surface area contributed by atoms with E-state index in [2.05, 4.69) is 10.6 Å². The van der Waals surface area contributed by atoms with Crippen LogP contribution in [0.5, 0.6) is 0 Å². The lowest BCUT2D eigenvalue weighted by atomic mass is 10.1. The van der Waals surface area contributed by atoms with Crippen molar-refractivity contribution in [2.75, 3.05) is 28.7 Å². The Hall–Kier alpha value is -3.75. The lowest BCUT2D eigenvalue weighted by Gasteiger charge is -2.16. The van der Waals surface area contributed by atoms with E-state index >= 15 is 0 Å². The molecule has 2 aromatic carbocycles. The molecule has 8 nitrogen and oxygen atoms in total. The molecule has 1 atom stereocenters.